The first-order chi connectivity index (χ1) is 12.5. The van der Waals surface area contributed by atoms with Crippen LogP contribution in [-0.2, 0) is 10.9 Å². The molecule has 144 valence electrons. The molecule has 2 atom stereocenters. The molecule has 0 N–H and O–H groups in total. The SMILES string of the molecule is CC(C)(C)OC(=O)N1C2C=C(c3ccc(C#N)c(C(F)(F)F)c3)CC1CC2. The van der Waals surface area contributed by atoms with Crippen LogP contribution in [0, 0.1) is 11.3 Å². The lowest BCUT2D eigenvalue weighted by molar-refractivity contribution is -0.137. The molecule has 4 nitrogen and oxygen atoms in total. The fourth-order valence-electron chi connectivity index (χ4n) is 3.72. The number of carbonyl (C=O) groups excluding carboxylic acids is 1. The number of halogens is 3. The lowest BCUT2D eigenvalue weighted by Gasteiger charge is -2.35. The fraction of sp³-hybridized carbons (Fsp3) is 0.500. The Balaban J connectivity index is 1.90. The van der Waals surface area contributed by atoms with E-state index in [1.165, 1.54) is 6.07 Å². The zero-order valence-electron chi connectivity index (χ0n) is 15.4. The number of fused-ring (bicyclic) bond motifs is 2. The first-order valence-corrected chi connectivity index (χ1v) is 8.83. The van der Waals surface area contributed by atoms with Gasteiger partial charge in [0.1, 0.15) is 5.60 Å². The Hall–Kier alpha value is -2.49. The van der Waals surface area contributed by atoms with Crippen molar-refractivity contribution < 1.29 is 22.7 Å². The van der Waals surface area contributed by atoms with Gasteiger partial charge in [0, 0.05) is 6.04 Å². The first-order valence-electron chi connectivity index (χ1n) is 8.83. The van der Waals surface area contributed by atoms with E-state index >= 15 is 0 Å². The van der Waals surface area contributed by atoms with Crippen LogP contribution in [0.25, 0.3) is 5.57 Å². The van der Waals surface area contributed by atoms with Crippen LogP contribution < -0.4 is 0 Å². The van der Waals surface area contributed by atoms with E-state index in [0.717, 1.165) is 24.5 Å². The van der Waals surface area contributed by atoms with E-state index in [1.54, 1.807) is 37.8 Å². The Labute approximate surface area is 156 Å². The average Bonchev–Trinajstić information content (AvgIpc) is 2.82. The molecule has 1 aromatic rings. The van der Waals surface area contributed by atoms with Gasteiger partial charge < -0.3 is 4.74 Å². The van der Waals surface area contributed by atoms with Crippen molar-refractivity contribution in [1.82, 2.24) is 4.90 Å². The first kappa shape index (κ1) is 19.3. The van der Waals surface area contributed by atoms with Gasteiger partial charge in [0.25, 0.3) is 0 Å². The second kappa shape index (κ2) is 6.59. The number of carbonyl (C=O) groups is 1. The smallest absolute Gasteiger partial charge is 0.417 e. The predicted molar refractivity (Wildman–Crippen MR) is 93.6 cm³/mol. The van der Waals surface area contributed by atoms with E-state index in [1.807, 2.05) is 6.08 Å². The van der Waals surface area contributed by atoms with Gasteiger partial charge in [0.15, 0.2) is 0 Å². The minimum atomic E-state index is -4.59. The van der Waals surface area contributed by atoms with E-state index in [0.29, 0.717) is 12.0 Å². The standard InChI is InChI=1S/C20H21F3N2O2/c1-19(2,3)27-18(26)25-15-6-7-16(25)9-14(8-15)12-4-5-13(11-24)17(10-12)20(21,22)23/h4-5,8,10,15-16H,6-7,9H2,1-3H3. The van der Waals surface area contributed by atoms with Crippen LogP contribution in [0.15, 0.2) is 24.3 Å². The molecular formula is C20H21F3N2O2. The molecule has 3 rings (SSSR count). The third-order valence-electron chi connectivity index (χ3n) is 4.82. The number of nitrogens with zero attached hydrogens (tertiary/aromatic N) is 2. The van der Waals surface area contributed by atoms with Crippen molar-refractivity contribution in [2.75, 3.05) is 0 Å². The summed E-state index contributed by atoms with van der Waals surface area (Å²) in [5.41, 5.74) is -0.694. The van der Waals surface area contributed by atoms with Crippen molar-refractivity contribution in [2.45, 2.75) is 63.9 Å². The summed E-state index contributed by atoms with van der Waals surface area (Å²) in [5.74, 6) is 0. The van der Waals surface area contributed by atoms with E-state index in [-0.39, 0.29) is 23.7 Å². The van der Waals surface area contributed by atoms with Crippen molar-refractivity contribution in [2.24, 2.45) is 0 Å². The number of amides is 1. The largest absolute Gasteiger partial charge is 0.444 e. The van der Waals surface area contributed by atoms with Crippen molar-refractivity contribution in [1.29, 1.82) is 5.26 Å². The van der Waals surface area contributed by atoms with Crippen LogP contribution in [0.5, 0.6) is 0 Å². The maximum absolute atomic E-state index is 13.2. The third kappa shape index (κ3) is 3.95. The molecule has 0 aromatic heterocycles. The van der Waals surface area contributed by atoms with Gasteiger partial charge in [-0.15, -0.1) is 0 Å². The van der Waals surface area contributed by atoms with Crippen molar-refractivity contribution >= 4 is 11.7 Å². The summed E-state index contributed by atoms with van der Waals surface area (Å²) in [4.78, 5) is 14.2. The molecule has 2 heterocycles. The van der Waals surface area contributed by atoms with Crippen LogP contribution in [0.1, 0.15) is 56.7 Å². The summed E-state index contributed by atoms with van der Waals surface area (Å²) in [7, 11) is 0. The van der Waals surface area contributed by atoms with Gasteiger partial charge in [-0.1, -0.05) is 12.1 Å². The molecule has 2 aliphatic rings. The molecular weight excluding hydrogens is 357 g/mol. The van der Waals surface area contributed by atoms with Gasteiger partial charge in [-0.05, 0) is 63.3 Å². The highest BCUT2D eigenvalue weighted by Gasteiger charge is 2.42. The number of alkyl halides is 3. The Morgan fingerprint density at radius 1 is 1.26 bits per heavy atom. The molecule has 0 radical (unpaired) electrons. The minimum absolute atomic E-state index is 0.0881. The number of benzene rings is 1. The summed E-state index contributed by atoms with van der Waals surface area (Å²) < 4.78 is 45.2. The van der Waals surface area contributed by atoms with Crippen molar-refractivity contribution in [3.8, 4) is 6.07 Å². The van der Waals surface area contributed by atoms with E-state index in [2.05, 4.69) is 0 Å². The van der Waals surface area contributed by atoms with E-state index < -0.39 is 17.3 Å². The van der Waals surface area contributed by atoms with Crippen LogP contribution >= 0.6 is 0 Å². The number of ether oxygens (including phenoxy) is 1. The quantitative estimate of drug-likeness (QED) is 0.681. The molecule has 2 aliphatic heterocycles. The Bertz CT molecular complexity index is 831. The number of rotatable bonds is 1. The lowest BCUT2D eigenvalue weighted by Crippen LogP contribution is -2.45. The molecule has 2 bridgehead atoms. The highest BCUT2D eigenvalue weighted by molar-refractivity contribution is 5.75. The molecule has 0 spiro atoms. The van der Waals surface area contributed by atoms with Crippen LogP contribution in [-0.4, -0.2) is 28.7 Å². The molecule has 7 heteroatoms. The fourth-order valence-corrected chi connectivity index (χ4v) is 3.72. The van der Waals surface area contributed by atoms with Gasteiger partial charge in [0.05, 0.1) is 23.2 Å². The maximum atomic E-state index is 13.2. The summed E-state index contributed by atoms with van der Waals surface area (Å²) >= 11 is 0. The normalized spacial score (nSPS) is 22.3. The predicted octanol–water partition coefficient (Wildman–Crippen LogP) is 5.13. The summed E-state index contributed by atoms with van der Waals surface area (Å²) in [6, 6.07) is 5.11. The Kier molecular flexibility index (Phi) is 4.71. The van der Waals surface area contributed by atoms with Gasteiger partial charge in [0.2, 0.25) is 0 Å². The Morgan fingerprint density at radius 3 is 2.52 bits per heavy atom. The van der Waals surface area contributed by atoms with Crippen LogP contribution in [0.3, 0.4) is 0 Å². The number of nitriles is 1. The van der Waals surface area contributed by atoms with Gasteiger partial charge in [-0.2, -0.15) is 18.4 Å². The molecule has 0 saturated carbocycles. The zero-order chi connectivity index (χ0) is 20.0. The summed E-state index contributed by atoms with van der Waals surface area (Å²) in [5, 5.41) is 8.94. The second-order valence-corrected chi connectivity index (χ2v) is 7.95. The molecule has 27 heavy (non-hydrogen) atoms. The van der Waals surface area contributed by atoms with Crippen LogP contribution in [0.4, 0.5) is 18.0 Å². The molecule has 1 fully saturated rings. The highest BCUT2D eigenvalue weighted by Crippen LogP contribution is 2.41. The van der Waals surface area contributed by atoms with Gasteiger partial charge in [-0.25, -0.2) is 4.79 Å². The van der Waals surface area contributed by atoms with Gasteiger partial charge in [-0.3, -0.25) is 4.90 Å². The van der Waals surface area contributed by atoms with Crippen molar-refractivity contribution in [3.63, 3.8) is 0 Å². The Morgan fingerprint density at radius 2 is 1.96 bits per heavy atom. The topological polar surface area (TPSA) is 53.3 Å². The molecule has 1 amide bonds. The highest BCUT2D eigenvalue weighted by atomic mass is 19.4. The van der Waals surface area contributed by atoms with Crippen molar-refractivity contribution in [3.05, 3.63) is 41.0 Å². The van der Waals surface area contributed by atoms with Crippen LogP contribution in [0.2, 0.25) is 0 Å². The summed E-state index contributed by atoms with van der Waals surface area (Å²) in [6.07, 6.45) is -1.10. The number of hydrogen-bond acceptors (Lipinski definition) is 3. The maximum Gasteiger partial charge on any atom is 0.417 e. The third-order valence-corrected chi connectivity index (χ3v) is 4.82. The summed E-state index contributed by atoms with van der Waals surface area (Å²) in [6.45, 7) is 5.40. The number of hydrogen-bond donors (Lipinski definition) is 0. The monoisotopic (exact) mass is 378 g/mol. The van der Waals surface area contributed by atoms with E-state index in [9.17, 15) is 18.0 Å². The zero-order valence-corrected chi connectivity index (χ0v) is 15.4. The van der Waals surface area contributed by atoms with E-state index in [4.69, 9.17) is 10.00 Å². The minimum Gasteiger partial charge on any atom is -0.444 e. The average molecular weight is 378 g/mol. The van der Waals surface area contributed by atoms with Gasteiger partial charge >= 0.3 is 12.3 Å². The molecule has 1 saturated heterocycles. The second-order valence-electron chi connectivity index (χ2n) is 7.95. The lowest BCUT2D eigenvalue weighted by atomic mass is 9.92. The molecule has 2 unspecified atom stereocenters. The molecule has 1 aromatic carbocycles. The molecule has 0 aliphatic carbocycles.